The molecule has 6 nitrogen and oxygen atoms in total. The zero-order chi connectivity index (χ0) is 26.3. The quantitative estimate of drug-likeness (QED) is 0.416. The third kappa shape index (κ3) is 5.26. The second-order valence-electron chi connectivity index (χ2n) is 11.4. The van der Waals surface area contributed by atoms with E-state index in [0.29, 0.717) is 17.0 Å². The number of ketones is 1. The van der Waals surface area contributed by atoms with Gasteiger partial charge in [-0.1, -0.05) is 44.5 Å². The summed E-state index contributed by atoms with van der Waals surface area (Å²) in [5.41, 5.74) is 5.58. The third-order valence-electron chi connectivity index (χ3n) is 7.27. The number of Topliss-reactive ketones (excluding diaryl/α,β-unsaturated/α-hetero) is 1. The first kappa shape index (κ1) is 25.4. The molecule has 3 aromatic rings. The molecule has 0 bridgehead atoms. The molecule has 2 aliphatic rings. The lowest BCUT2D eigenvalue weighted by Crippen LogP contribution is -2.50. The molecule has 1 saturated carbocycles. The van der Waals surface area contributed by atoms with Gasteiger partial charge in [0.25, 0.3) is 0 Å². The van der Waals surface area contributed by atoms with Crippen molar-refractivity contribution >= 4 is 29.0 Å². The standard InChI is InChI=1S/C30H33ClN4O2/c1-18(36)34-25-10-9-22-23-14-20(27(37)13-19-5-7-21(31)8-6-19)15-24(26-16-32-11-12-33-26)28(23)35(29(22)25)17-30(2,3)4/h5-8,11-12,14-16,22,25,29H,9-10,13,17H2,1-4H3,(H,34,36). The first-order chi connectivity index (χ1) is 17.6. The number of rotatable bonds is 6. The van der Waals surface area contributed by atoms with Crippen molar-refractivity contribution in [3.05, 3.63) is 76.7 Å². The molecule has 1 aliphatic carbocycles. The number of hydrogen-bond acceptors (Lipinski definition) is 5. The lowest BCUT2D eigenvalue weighted by atomic mass is 9.90. The maximum absolute atomic E-state index is 13.6. The molecule has 3 unspecified atom stereocenters. The SMILES string of the molecule is CC(=O)NC1CCC2c3cc(C(=O)Cc4ccc(Cl)cc4)cc(-c4cnccn4)c3N(CC(C)(C)C)C12. The monoisotopic (exact) mass is 516 g/mol. The highest BCUT2D eigenvalue weighted by Gasteiger charge is 2.49. The van der Waals surface area contributed by atoms with Crippen LogP contribution in [0.5, 0.6) is 0 Å². The molecule has 1 fully saturated rings. The number of carbonyl (C=O) groups is 2. The Bertz CT molecular complexity index is 1320. The molecule has 2 aromatic carbocycles. The average molecular weight is 517 g/mol. The fourth-order valence-electron chi connectivity index (χ4n) is 5.96. The highest BCUT2D eigenvalue weighted by Crippen LogP contribution is 2.53. The van der Waals surface area contributed by atoms with E-state index in [2.05, 4.69) is 47.0 Å². The largest absolute Gasteiger partial charge is 0.365 e. The van der Waals surface area contributed by atoms with Gasteiger partial charge in [-0.3, -0.25) is 19.6 Å². The highest BCUT2D eigenvalue weighted by atomic mass is 35.5. The summed E-state index contributed by atoms with van der Waals surface area (Å²) in [6.45, 7) is 9.10. The molecule has 1 amide bonds. The zero-order valence-corrected chi connectivity index (χ0v) is 22.5. The normalized spacial score (nSPS) is 20.5. The molecule has 7 heteroatoms. The minimum Gasteiger partial charge on any atom is -0.365 e. The van der Waals surface area contributed by atoms with E-state index >= 15 is 0 Å². The third-order valence-corrected chi connectivity index (χ3v) is 7.52. The molecular formula is C30H33ClN4O2. The minimum atomic E-state index is -0.00899. The fraction of sp³-hybridized carbons (Fsp3) is 0.400. The van der Waals surface area contributed by atoms with Crippen LogP contribution >= 0.6 is 11.6 Å². The van der Waals surface area contributed by atoms with Crippen LogP contribution in [0.2, 0.25) is 5.02 Å². The number of benzene rings is 2. The Hall–Kier alpha value is -3.25. The van der Waals surface area contributed by atoms with Gasteiger partial charge in [0.2, 0.25) is 5.91 Å². The van der Waals surface area contributed by atoms with Crippen molar-refractivity contribution in [2.24, 2.45) is 5.41 Å². The van der Waals surface area contributed by atoms with Crippen molar-refractivity contribution in [1.29, 1.82) is 0 Å². The van der Waals surface area contributed by atoms with Gasteiger partial charge in [-0.25, -0.2) is 0 Å². The number of nitrogens with zero attached hydrogens (tertiary/aromatic N) is 3. The molecule has 5 rings (SSSR count). The molecule has 0 spiro atoms. The van der Waals surface area contributed by atoms with Gasteiger partial charge in [-0.2, -0.15) is 0 Å². The number of amides is 1. The van der Waals surface area contributed by atoms with Crippen LogP contribution < -0.4 is 10.2 Å². The van der Waals surface area contributed by atoms with Crippen molar-refractivity contribution < 1.29 is 9.59 Å². The summed E-state index contributed by atoms with van der Waals surface area (Å²) in [6, 6.07) is 11.7. The highest BCUT2D eigenvalue weighted by molar-refractivity contribution is 6.30. The Labute approximate surface area is 223 Å². The van der Waals surface area contributed by atoms with E-state index in [1.807, 2.05) is 30.3 Å². The zero-order valence-electron chi connectivity index (χ0n) is 21.8. The number of nitrogens with one attached hydrogen (secondary N) is 1. The number of carbonyl (C=O) groups excluding carboxylic acids is 2. The summed E-state index contributed by atoms with van der Waals surface area (Å²) in [4.78, 5) is 37.1. The van der Waals surface area contributed by atoms with Crippen molar-refractivity contribution in [3.8, 4) is 11.3 Å². The number of hydrogen-bond donors (Lipinski definition) is 1. The van der Waals surface area contributed by atoms with Gasteiger partial charge in [0.1, 0.15) is 0 Å². The fourth-order valence-corrected chi connectivity index (χ4v) is 6.09. The van der Waals surface area contributed by atoms with Crippen LogP contribution in [0, 0.1) is 5.41 Å². The molecule has 0 radical (unpaired) electrons. The molecule has 37 heavy (non-hydrogen) atoms. The van der Waals surface area contributed by atoms with Gasteiger partial charge < -0.3 is 10.2 Å². The summed E-state index contributed by atoms with van der Waals surface area (Å²) in [5, 5.41) is 3.86. The van der Waals surface area contributed by atoms with Crippen LogP contribution in [-0.2, 0) is 11.2 Å². The van der Waals surface area contributed by atoms with Gasteiger partial charge >= 0.3 is 0 Å². The second-order valence-corrected chi connectivity index (χ2v) is 11.9. The minimum absolute atomic E-state index is 0.00899. The van der Waals surface area contributed by atoms with E-state index < -0.39 is 0 Å². The second kappa shape index (κ2) is 9.90. The first-order valence-electron chi connectivity index (χ1n) is 12.9. The van der Waals surface area contributed by atoms with Crippen LogP contribution in [0.4, 0.5) is 5.69 Å². The number of aromatic nitrogens is 2. The van der Waals surface area contributed by atoms with E-state index in [1.54, 1.807) is 25.5 Å². The van der Waals surface area contributed by atoms with E-state index in [0.717, 1.165) is 41.9 Å². The van der Waals surface area contributed by atoms with Crippen LogP contribution in [0.15, 0.2) is 55.0 Å². The smallest absolute Gasteiger partial charge is 0.217 e. The molecular weight excluding hydrogens is 484 g/mol. The average Bonchev–Trinajstić information content (AvgIpc) is 3.38. The lowest BCUT2D eigenvalue weighted by molar-refractivity contribution is -0.119. The molecule has 2 heterocycles. The number of anilines is 1. The van der Waals surface area contributed by atoms with E-state index in [-0.39, 0.29) is 35.1 Å². The molecule has 0 saturated heterocycles. The molecule has 1 aliphatic heterocycles. The molecule has 1 N–H and O–H groups in total. The number of halogens is 1. The van der Waals surface area contributed by atoms with Gasteiger partial charge in [0.05, 0.1) is 23.6 Å². The Balaban J connectivity index is 1.63. The van der Waals surface area contributed by atoms with Crippen molar-refractivity contribution in [1.82, 2.24) is 15.3 Å². The van der Waals surface area contributed by atoms with E-state index in [9.17, 15) is 9.59 Å². The van der Waals surface area contributed by atoms with Gasteiger partial charge in [-0.05, 0) is 53.6 Å². The van der Waals surface area contributed by atoms with E-state index in [1.165, 1.54) is 5.56 Å². The Morgan fingerprint density at radius 1 is 1.11 bits per heavy atom. The summed E-state index contributed by atoms with van der Waals surface area (Å²) in [5.74, 6) is 0.274. The molecule has 3 atom stereocenters. The predicted molar refractivity (Wildman–Crippen MR) is 147 cm³/mol. The van der Waals surface area contributed by atoms with Crippen molar-refractivity contribution in [2.45, 2.75) is 65.0 Å². The summed E-state index contributed by atoms with van der Waals surface area (Å²) >= 11 is 6.04. The van der Waals surface area contributed by atoms with Crippen molar-refractivity contribution in [2.75, 3.05) is 11.4 Å². The van der Waals surface area contributed by atoms with Gasteiger partial charge in [-0.15, -0.1) is 0 Å². The first-order valence-corrected chi connectivity index (χ1v) is 13.2. The molecule has 192 valence electrons. The number of fused-ring (bicyclic) bond motifs is 3. The summed E-state index contributed by atoms with van der Waals surface area (Å²) < 4.78 is 0. The van der Waals surface area contributed by atoms with E-state index in [4.69, 9.17) is 11.6 Å². The predicted octanol–water partition coefficient (Wildman–Crippen LogP) is 5.84. The van der Waals surface area contributed by atoms with Crippen LogP contribution in [0.25, 0.3) is 11.3 Å². The topological polar surface area (TPSA) is 75.2 Å². The Morgan fingerprint density at radius 3 is 2.51 bits per heavy atom. The molecule has 1 aromatic heterocycles. The van der Waals surface area contributed by atoms with Crippen LogP contribution in [-0.4, -0.2) is 40.3 Å². The van der Waals surface area contributed by atoms with Crippen LogP contribution in [0.1, 0.15) is 67.9 Å². The Kier molecular flexibility index (Phi) is 6.80. The maximum atomic E-state index is 13.6. The van der Waals surface area contributed by atoms with Crippen molar-refractivity contribution in [3.63, 3.8) is 0 Å². The van der Waals surface area contributed by atoms with Gasteiger partial charge in [0, 0.05) is 60.4 Å². The Morgan fingerprint density at radius 2 is 1.86 bits per heavy atom. The van der Waals surface area contributed by atoms with Crippen LogP contribution in [0.3, 0.4) is 0 Å². The lowest BCUT2D eigenvalue weighted by Gasteiger charge is -2.37. The maximum Gasteiger partial charge on any atom is 0.217 e. The summed E-state index contributed by atoms with van der Waals surface area (Å²) in [7, 11) is 0. The summed E-state index contributed by atoms with van der Waals surface area (Å²) in [6.07, 6.45) is 7.28. The van der Waals surface area contributed by atoms with Gasteiger partial charge in [0.15, 0.2) is 5.78 Å².